The first kappa shape index (κ1) is 13.7. The highest BCUT2D eigenvalue weighted by Gasteiger charge is 2.26. The number of hydrogen-bond acceptors (Lipinski definition) is 3. The normalized spacial score (nSPS) is 14.2. The van der Waals surface area contributed by atoms with Crippen LogP contribution in [0.1, 0.15) is 60.3 Å². The van der Waals surface area contributed by atoms with Crippen LogP contribution in [0.4, 0.5) is 5.69 Å². The predicted octanol–water partition coefficient (Wildman–Crippen LogP) is 3.73. The Balaban J connectivity index is 1.81. The number of carbonyl (C=O) groups excluding carboxylic acids is 1. The van der Waals surface area contributed by atoms with Crippen LogP contribution in [-0.2, 0) is 0 Å². The van der Waals surface area contributed by atoms with Crippen molar-refractivity contribution in [1.29, 1.82) is 0 Å². The van der Waals surface area contributed by atoms with E-state index in [0.29, 0.717) is 17.5 Å². The fourth-order valence-electron chi connectivity index (χ4n) is 2.40. The fourth-order valence-corrected chi connectivity index (χ4v) is 2.40. The van der Waals surface area contributed by atoms with Crippen LogP contribution in [0.2, 0.25) is 0 Å². The number of carbonyl (C=O) groups is 1. The van der Waals surface area contributed by atoms with E-state index in [4.69, 9.17) is 0 Å². The van der Waals surface area contributed by atoms with Crippen molar-refractivity contribution in [2.45, 2.75) is 38.5 Å². The van der Waals surface area contributed by atoms with Crippen molar-refractivity contribution < 1.29 is 4.79 Å². The van der Waals surface area contributed by atoms with Gasteiger partial charge >= 0.3 is 0 Å². The van der Waals surface area contributed by atoms with E-state index in [1.54, 1.807) is 0 Å². The molecule has 1 saturated carbocycles. The minimum atomic E-state index is -0.174. The molecule has 0 saturated heterocycles. The van der Waals surface area contributed by atoms with Crippen molar-refractivity contribution in [3.05, 3.63) is 53.6 Å². The van der Waals surface area contributed by atoms with Gasteiger partial charge in [0.2, 0.25) is 0 Å². The van der Waals surface area contributed by atoms with E-state index in [-0.39, 0.29) is 5.91 Å². The molecule has 0 aliphatic heterocycles. The van der Waals surface area contributed by atoms with E-state index in [2.05, 4.69) is 29.1 Å². The number of rotatable bonds is 4. The van der Waals surface area contributed by atoms with Crippen LogP contribution in [0, 0.1) is 0 Å². The van der Waals surface area contributed by atoms with Gasteiger partial charge in [-0.25, -0.2) is 9.97 Å². The Bertz CT molecular complexity index is 663. The number of para-hydroxylation sites is 1. The van der Waals surface area contributed by atoms with Gasteiger partial charge in [0.15, 0.2) is 0 Å². The van der Waals surface area contributed by atoms with Gasteiger partial charge in [0, 0.05) is 17.3 Å². The molecule has 1 aliphatic carbocycles. The lowest BCUT2D eigenvalue weighted by atomic mass is 10.0. The zero-order valence-corrected chi connectivity index (χ0v) is 12.3. The third kappa shape index (κ3) is 3.10. The van der Waals surface area contributed by atoms with Crippen molar-refractivity contribution >= 4 is 11.6 Å². The Morgan fingerprint density at radius 1 is 1.24 bits per heavy atom. The highest BCUT2D eigenvalue weighted by atomic mass is 16.1. The molecule has 4 heteroatoms. The molecule has 1 fully saturated rings. The zero-order chi connectivity index (χ0) is 14.8. The number of aromatic nitrogens is 2. The summed E-state index contributed by atoms with van der Waals surface area (Å²) in [6, 6.07) is 9.69. The summed E-state index contributed by atoms with van der Waals surface area (Å²) in [5, 5.41) is 2.97. The van der Waals surface area contributed by atoms with Gasteiger partial charge in [0.05, 0.1) is 0 Å². The van der Waals surface area contributed by atoms with E-state index in [1.807, 2.05) is 30.3 Å². The molecule has 1 amide bonds. The summed E-state index contributed by atoms with van der Waals surface area (Å²) >= 11 is 0. The Morgan fingerprint density at radius 2 is 2.00 bits per heavy atom. The second-order valence-corrected chi connectivity index (χ2v) is 5.80. The van der Waals surface area contributed by atoms with Gasteiger partial charge in [-0.15, -0.1) is 0 Å². The van der Waals surface area contributed by atoms with E-state index in [0.717, 1.165) is 29.8 Å². The van der Waals surface area contributed by atoms with Crippen molar-refractivity contribution in [2.24, 2.45) is 0 Å². The molecule has 1 aliphatic rings. The molecule has 0 spiro atoms. The number of nitrogens with zero attached hydrogens (tertiary/aromatic N) is 2. The van der Waals surface area contributed by atoms with E-state index in [1.165, 1.54) is 6.33 Å². The quantitative estimate of drug-likeness (QED) is 0.929. The molecule has 21 heavy (non-hydrogen) atoms. The topological polar surface area (TPSA) is 54.9 Å². The summed E-state index contributed by atoms with van der Waals surface area (Å²) in [5.41, 5.74) is 3.39. The molecule has 4 nitrogen and oxygen atoms in total. The summed E-state index contributed by atoms with van der Waals surface area (Å²) in [6.07, 6.45) is 3.80. The number of anilines is 1. The molecular weight excluding hydrogens is 262 g/mol. The van der Waals surface area contributed by atoms with Crippen LogP contribution in [0.5, 0.6) is 0 Å². The molecule has 1 aromatic carbocycles. The third-order valence-electron chi connectivity index (χ3n) is 3.75. The molecule has 1 aromatic heterocycles. The summed E-state index contributed by atoms with van der Waals surface area (Å²) in [4.78, 5) is 20.7. The van der Waals surface area contributed by atoms with Crippen molar-refractivity contribution in [2.75, 3.05) is 5.32 Å². The number of amides is 1. The lowest BCUT2D eigenvalue weighted by Crippen LogP contribution is -2.15. The molecule has 0 radical (unpaired) electrons. The molecular formula is C17H19N3O. The molecule has 1 N–H and O–H groups in total. The lowest BCUT2D eigenvalue weighted by molar-refractivity contribution is 0.102. The van der Waals surface area contributed by atoms with Gasteiger partial charge < -0.3 is 5.32 Å². The van der Waals surface area contributed by atoms with Gasteiger partial charge in [-0.2, -0.15) is 0 Å². The number of benzene rings is 1. The van der Waals surface area contributed by atoms with Crippen molar-refractivity contribution in [1.82, 2.24) is 9.97 Å². The van der Waals surface area contributed by atoms with Gasteiger partial charge in [0.1, 0.15) is 12.0 Å². The summed E-state index contributed by atoms with van der Waals surface area (Å²) in [6.45, 7) is 4.22. The smallest absolute Gasteiger partial charge is 0.274 e. The highest BCUT2D eigenvalue weighted by Crippen LogP contribution is 2.38. The van der Waals surface area contributed by atoms with Crippen molar-refractivity contribution in [3.63, 3.8) is 0 Å². The Labute approximate surface area is 124 Å². The highest BCUT2D eigenvalue weighted by molar-refractivity contribution is 6.03. The maximum Gasteiger partial charge on any atom is 0.274 e. The van der Waals surface area contributed by atoms with Crippen molar-refractivity contribution in [3.8, 4) is 0 Å². The van der Waals surface area contributed by atoms with E-state index in [9.17, 15) is 4.79 Å². The average molecular weight is 281 g/mol. The Morgan fingerprint density at radius 3 is 2.71 bits per heavy atom. The maximum absolute atomic E-state index is 12.4. The van der Waals surface area contributed by atoms with Crippen LogP contribution < -0.4 is 5.32 Å². The van der Waals surface area contributed by atoms with Gasteiger partial charge in [-0.3, -0.25) is 4.79 Å². The minimum absolute atomic E-state index is 0.174. The Kier molecular flexibility index (Phi) is 3.69. The monoisotopic (exact) mass is 281 g/mol. The van der Waals surface area contributed by atoms with Gasteiger partial charge in [-0.1, -0.05) is 32.0 Å². The van der Waals surface area contributed by atoms with Gasteiger partial charge in [-0.05, 0) is 36.5 Å². The molecule has 0 atom stereocenters. The average Bonchev–Trinajstić information content (AvgIpc) is 3.32. The lowest BCUT2D eigenvalue weighted by Gasteiger charge is -2.13. The zero-order valence-electron chi connectivity index (χ0n) is 12.3. The summed E-state index contributed by atoms with van der Waals surface area (Å²) in [5.74, 6) is 0.698. The van der Waals surface area contributed by atoms with Crippen LogP contribution in [0.15, 0.2) is 36.7 Å². The molecule has 0 unspecified atom stereocenters. The van der Waals surface area contributed by atoms with Gasteiger partial charge in [0.25, 0.3) is 5.91 Å². The van der Waals surface area contributed by atoms with E-state index < -0.39 is 0 Å². The Hall–Kier alpha value is -2.23. The SMILES string of the molecule is CC(C)c1ccccc1NC(=O)c1cc(C2CC2)ncn1. The van der Waals surface area contributed by atoms with Crippen LogP contribution in [0.25, 0.3) is 0 Å². The van der Waals surface area contributed by atoms with Crippen LogP contribution in [0.3, 0.4) is 0 Å². The number of hydrogen-bond donors (Lipinski definition) is 1. The predicted molar refractivity (Wildman–Crippen MR) is 82.5 cm³/mol. The molecule has 108 valence electrons. The first-order valence-electron chi connectivity index (χ1n) is 7.37. The van der Waals surface area contributed by atoms with Crippen LogP contribution in [-0.4, -0.2) is 15.9 Å². The molecule has 2 aromatic rings. The molecule has 1 heterocycles. The largest absolute Gasteiger partial charge is 0.320 e. The maximum atomic E-state index is 12.4. The first-order valence-corrected chi connectivity index (χ1v) is 7.37. The number of nitrogens with one attached hydrogen (secondary N) is 1. The van der Waals surface area contributed by atoms with E-state index >= 15 is 0 Å². The van der Waals surface area contributed by atoms with Crippen LogP contribution >= 0.6 is 0 Å². The summed E-state index contributed by atoms with van der Waals surface area (Å²) in [7, 11) is 0. The fraction of sp³-hybridized carbons (Fsp3) is 0.353. The summed E-state index contributed by atoms with van der Waals surface area (Å²) < 4.78 is 0. The minimum Gasteiger partial charge on any atom is -0.320 e. The third-order valence-corrected chi connectivity index (χ3v) is 3.75. The molecule has 0 bridgehead atoms. The second-order valence-electron chi connectivity index (χ2n) is 5.80. The second kappa shape index (κ2) is 5.64. The first-order chi connectivity index (χ1) is 10.1. The molecule has 3 rings (SSSR count). The standard InChI is InChI=1S/C17H19N3O/c1-11(2)13-5-3-4-6-14(13)20-17(21)16-9-15(12-7-8-12)18-10-19-16/h3-6,9-12H,7-8H2,1-2H3,(H,20,21).